The molecule has 3 N–H and O–H groups in total. The predicted octanol–water partition coefficient (Wildman–Crippen LogP) is 3.61. The van der Waals surface area contributed by atoms with Gasteiger partial charge in [0.25, 0.3) is 5.91 Å². The lowest BCUT2D eigenvalue weighted by Gasteiger charge is -2.23. The molecule has 2 rings (SSSR count). The Kier molecular flexibility index (Phi) is 8.31. The van der Waals surface area contributed by atoms with Crippen molar-refractivity contribution >= 4 is 35.1 Å². The van der Waals surface area contributed by atoms with Crippen LogP contribution in [0.1, 0.15) is 38.1 Å². The Hall–Kier alpha value is -3.68. The molecule has 0 bridgehead atoms. The number of para-hydroxylation sites is 1. The van der Waals surface area contributed by atoms with Crippen LogP contribution in [0.2, 0.25) is 0 Å². The predicted molar refractivity (Wildman–Crippen MR) is 118 cm³/mol. The Morgan fingerprint density at radius 2 is 1.39 bits per heavy atom. The van der Waals surface area contributed by atoms with Crippen LogP contribution in [-0.2, 0) is 14.3 Å². The number of anilines is 2. The second kappa shape index (κ2) is 10.9. The highest BCUT2D eigenvalue weighted by atomic mass is 16.5. The number of rotatable bonds is 8. The van der Waals surface area contributed by atoms with Crippen molar-refractivity contribution in [3.63, 3.8) is 0 Å². The lowest BCUT2D eigenvalue weighted by molar-refractivity contribution is -0.156. The maximum Gasteiger partial charge on any atom is 0.329 e. The van der Waals surface area contributed by atoms with E-state index in [1.165, 1.54) is 13.8 Å². The van der Waals surface area contributed by atoms with Crippen LogP contribution < -0.4 is 16.0 Å². The average molecular weight is 425 g/mol. The number of hydrogen-bond donors (Lipinski definition) is 3. The lowest BCUT2D eigenvalue weighted by Crippen LogP contribution is -2.48. The van der Waals surface area contributed by atoms with E-state index in [2.05, 4.69) is 16.0 Å². The number of urea groups is 1. The van der Waals surface area contributed by atoms with Gasteiger partial charge in [0, 0.05) is 16.9 Å². The summed E-state index contributed by atoms with van der Waals surface area (Å²) in [6.07, 6.45) is -1.08. The third kappa shape index (κ3) is 7.26. The quantitative estimate of drug-likeness (QED) is 0.442. The molecule has 0 fully saturated rings. The first kappa shape index (κ1) is 23.6. The number of ether oxygens (including phenoxy) is 1. The van der Waals surface area contributed by atoms with Gasteiger partial charge in [-0.25, -0.2) is 9.59 Å². The SMILES string of the molecule is CC(=O)c1ccc(NC(=O)[C@H](C)OC(=O)[C@@H](NC(=O)Nc2ccccc2)C(C)C)cc1. The van der Waals surface area contributed by atoms with Gasteiger partial charge in [0.1, 0.15) is 6.04 Å². The van der Waals surface area contributed by atoms with Crippen molar-refractivity contribution in [2.45, 2.75) is 39.8 Å². The number of ketones is 1. The van der Waals surface area contributed by atoms with Gasteiger partial charge < -0.3 is 20.7 Å². The summed E-state index contributed by atoms with van der Waals surface area (Å²) < 4.78 is 5.27. The van der Waals surface area contributed by atoms with Crippen molar-refractivity contribution in [3.8, 4) is 0 Å². The number of carbonyl (C=O) groups is 4. The highest BCUT2D eigenvalue weighted by molar-refractivity contribution is 5.98. The molecule has 8 nitrogen and oxygen atoms in total. The minimum Gasteiger partial charge on any atom is -0.451 e. The molecule has 2 aromatic rings. The molecule has 0 saturated carbocycles. The maximum atomic E-state index is 12.6. The summed E-state index contributed by atoms with van der Waals surface area (Å²) in [5.74, 6) is -1.58. The largest absolute Gasteiger partial charge is 0.451 e. The second-order valence-electron chi connectivity index (χ2n) is 7.39. The van der Waals surface area contributed by atoms with Gasteiger partial charge in [-0.15, -0.1) is 0 Å². The number of carbonyl (C=O) groups excluding carboxylic acids is 4. The number of hydrogen-bond acceptors (Lipinski definition) is 5. The summed E-state index contributed by atoms with van der Waals surface area (Å²) in [5, 5.41) is 7.86. The van der Waals surface area contributed by atoms with Crippen LogP contribution in [-0.4, -0.2) is 35.8 Å². The summed E-state index contributed by atoms with van der Waals surface area (Å²) in [7, 11) is 0. The minimum absolute atomic E-state index is 0.0799. The van der Waals surface area contributed by atoms with Crippen LogP contribution in [0.4, 0.5) is 16.2 Å². The van der Waals surface area contributed by atoms with Gasteiger partial charge in [0.2, 0.25) is 0 Å². The van der Waals surface area contributed by atoms with Crippen LogP contribution in [0.15, 0.2) is 54.6 Å². The molecule has 0 aliphatic carbocycles. The first-order valence-electron chi connectivity index (χ1n) is 9.92. The molecule has 0 spiro atoms. The van der Waals surface area contributed by atoms with E-state index in [4.69, 9.17) is 4.74 Å². The summed E-state index contributed by atoms with van der Waals surface area (Å²) in [6, 6.07) is 13.7. The normalized spacial score (nSPS) is 12.4. The molecule has 0 unspecified atom stereocenters. The fourth-order valence-electron chi connectivity index (χ4n) is 2.66. The van der Waals surface area contributed by atoms with E-state index >= 15 is 0 Å². The van der Waals surface area contributed by atoms with Gasteiger partial charge in [-0.3, -0.25) is 9.59 Å². The van der Waals surface area contributed by atoms with Crippen LogP contribution >= 0.6 is 0 Å². The second-order valence-corrected chi connectivity index (χ2v) is 7.39. The summed E-state index contributed by atoms with van der Waals surface area (Å²) in [4.78, 5) is 48.5. The van der Waals surface area contributed by atoms with Crippen LogP contribution in [0, 0.1) is 5.92 Å². The Bertz CT molecular complexity index is 926. The molecule has 0 aliphatic heterocycles. The third-order valence-corrected chi connectivity index (χ3v) is 4.46. The molecule has 0 aromatic heterocycles. The van der Waals surface area contributed by atoms with Gasteiger partial charge in [-0.2, -0.15) is 0 Å². The smallest absolute Gasteiger partial charge is 0.329 e. The topological polar surface area (TPSA) is 114 Å². The van der Waals surface area contributed by atoms with Crippen LogP contribution in [0.5, 0.6) is 0 Å². The van der Waals surface area contributed by atoms with Crippen LogP contribution in [0.3, 0.4) is 0 Å². The van der Waals surface area contributed by atoms with Crippen molar-refractivity contribution < 1.29 is 23.9 Å². The molecular weight excluding hydrogens is 398 g/mol. The number of Topliss-reactive ketones (excluding diaryl/α,β-unsaturated/α-hetero) is 1. The highest BCUT2D eigenvalue weighted by Gasteiger charge is 2.29. The van der Waals surface area contributed by atoms with E-state index in [-0.39, 0.29) is 11.7 Å². The molecule has 2 aromatic carbocycles. The average Bonchev–Trinajstić information content (AvgIpc) is 2.72. The van der Waals surface area contributed by atoms with Gasteiger partial charge in [-0.05, 0) is 56.2 Å². The Labute approximate surface area is 181 Å². The van der Waals surface area contributed by atoms with E-state index in [0.717, 1.165) is 0 Å². The first-order valence-corrected chi connectivity index (χ1v) is 9.92. The molecule has 0 radical (unpaired) electrons. The van der Waals surface area contributed by atoms with Gasteiger partial charge >= 0.3 is 12.0 Å². The zero-order valence-corrected chi connectivity index (χ0v) is 18.0. The fourth-order valence-corrected chi connectivity index (χ4v) is 2.66. The van der Waals surface area contributed by atoms with Crippen molar-refractivity contribution in [3.05, 3.63) is 60.2 Å². The zero-order chi connectivity index (χ0) is 23.0. The van der Waals surface area contributed by atoms with Crippen molar-refractivity contribution in [2.24, 2.45) is 5.92 Å². The van der Waals surface area contributed by atoms with E-state index in [1.54, 1.807) is 62.4 Å². The van der Waals surface area contributed by atoms with Crippen molar-refractivity contribution in [1.82, 2.24) is 5.32 Å². The highest BCUT2D eigenvalue weighted by Crippen LogP contribution is 2.12. The molecule has 0 saturated heterocycles. The molecule has 164 valence electrons. The molecule has 8 heteroatoms. The molecule has 0 heterocycles. The first-order chi connectivity index (χ1) is 14.7. The molecule has 31 heavy (non-hydrogen) atoms. The summed E-state index contributed by atoms with van der Waals surface area (Å²) in [6.45, 7) is 6.42. The van der Waals surface area contributed by atoms with Crippen molar-refractivity contribution in [2.75, 3.05) is 10.6 Å². The maximum absolute atomic E-state index is 12.6. The van der Waals surface area contributed by atoms with Gasteiger partial charge in [0.15, 0.2) is 11.9 Å². The minimum atomic E-state index is -1.08. The Morgan fingerprint density at radius 1 is 0.806 bits per heavy atom. The Balaban J connectivity index is 1.93. The molecule has 3 amide bonds. The fraction of sp³-hybridized carbons (Fsp3) is 0.304. The van der Waals surface area contributed by atoms with E-state index in [9.17, 15) is 19.2 Å². The third-order valence-electron chi connectivity index (χ3n) is 4.46. The summed E-state index contributed by atoms with van der Waals surface area (Å²) >= 11 is 0. The number of amides is 3. The Morgan fingerprint density at radius 3 is 1.94 bits per heavy atom. The van der Waals surface area contributed by atoms with E-state index < -0.39 is 30.1 Å². The molecule has 0 aliphatic rings. The van der Waals surface area contributed by atoms with E-state index in [1.807, 2.05) is 6.07 Å². The lowest BCUT2D eigenvalue weighted by atomic mass is 10.0. The standard InChI is InChI=1S/C23H27N3O5/c1-14(2)20(26-23(30)25-18-8-6-5-7-9-18)22(29)31-16(4)21(28)24-19-12-10-17(11-13-19)15(3)27/h5-14,16,20H,1-4H3,(H,24,28)(H2,25,26,30)/t16-,20-/m0/s1. The molecular formula is C23H27N3O5. The van der Waals surface area contributed by atoms with Crippen molar-refractivity contribution in [1.29, 1.82) is 0 Å². The summed E-state index contributed by atoms with van der Waals surface area (Å²) in [5.41, 5.74) is 1.58. The monoisotopic (exact) mass is 425 g/mol. The van der Waals surface area contributed by atoms with Gasteiger partial charge in [0.05, 0.1) is 0 Å². The van der Waals surface area contributed by atoms with Crippen LogP contribution in [0.25, 0.3) is 0 Å². The number of nitrogens with one attached hydrogen (secondary N) is 3. The zero-order valence-electron chi connectivity index (χ0n) is 18.0. The van der Waals surface area contributed by atoms with Gasteiger partial charge in [-0.1, -0.05) is 32.0 Å². The number of esters is 1. The number of benzene rings is 2. The van der Waals surface area contributed by atoms with E-state index in [0.29, 0.717) is 16.9 Å². The molecule has 2 atom stereocenters.